The van der Waals surface area contributed by atoms with Crippen LogP contribution < -0.4 is 0 Å². The summed E-state index contributed by atoms with van der Waals surface area (Å²) in [6, 6.07) is 0. The molecule has 0 unspecified atom stereocenters. The summed E-state index contributed by atoms with van der Waals surface area (Å²) in [6.07, 6.45) is 5.64. The van der Waals surface area contributed by atoms with E-state index in [1.807, 2.05) is 0 Å². The molecule has 66 valence electrons. The molecule has 0 radical (unpaired) electrons. The molecule has 0 spiro atoms. The molecule has 0 aliphatic heterocycles. The Morgan fingerprint density at radius 1 is 1.36 bits per heavy atom. The zero-order chi connectivity index (χ0) is 8.53. The lowest BCUT2D eigenvalue weighted by molar-refractivity contribution is 0.132. The van der Waals surface area contributed by atoms with Crippen molar-refractivity contribution in [1.82, 2.24) is 0 Å². The first-order chi connectivity index (χ1) is 5.31. The van der Waals surface area contributed by atoms with E-state index in [2.05, 4.69) is 26.8 Å². The van der Waals surface area contributed by atoms with Crippen LogP contribution in [0.15, 0.2) is 11.6 Å². The van der Waals surface area contributed by atoms with E-state index in [4.69, 9.17) is 4.74 Å². The highest BCUT2D eigenvalue weighted by Gasteiger charge is 1.89. The topological polar surface area (TPSA) is 9.23 Å². The number of hydrogen-bond donors (Lipinski definition) is 0. The maximum Gasteiger partial charge on any atom is 0.0469 e. The molecule has 0 aliphatic rings. The Labute approximate surface area is 70.4 Å². The highest BCUT2D eigenvalue weighted by atomic mass is 16.5. The van der Waals surface area contributed by atoms with Gasteiger partial charge in [-0.05, 0) is 33.1 Å². The molecule has 0 fully saturated rings. The number of allylic oxidation sites excluding steroid dienone is 2. The molecule has 0 bridgehead atoms. The fourth-order valence-corrected chi connectivity index (χ4v) is 0.844. The van der Waals surface area contributed by atoms with Crippen molar-refractivity contribution in [2.24, 2.45) is 0 Å². The molecule has 0 aliphatic carbocycles. The monoisotopic (exact) mass is 156 g/mol. The molecular formula is C10H20O. The Bertz CT molecular complexity index is 105. The van der Waals surface area contributed by atoms with Gasteiger partial charge in [-0.15, -0.1) is 0 Å². The maximum absolute atomic E-state index is 5.35. The average Bonchev–Trinajstić information content (AvgIpc) is 2.04. The molecule has 0 heterocycles. The molecule has 0 aromatic heterocycles. The van der Waals surface area contributed by atoms with Crippen molar-refractivity contribution in [3.8, 4) is 0 Å². The molecule has 1 nitrogen and oxygen atoms in total. The van der Waals surface area contributed by atoms with E-state index >= 15 is 0 Å². The third kappa shape index (κ3) is 7.60. The summed E-state index contributed by atoms with van der Waals surface area (Å²) in [5.74, 6) is 0. The quantitative estimate of drug-likeness (QED) is 0.424. The van der Waals surface area contributed by atoms with Crippen molar-refractivity contribution in [1.29, 1.82) is 0 Å². The molecule has 0 atom stereocenters. The normalized spacial score (nSPS) is 12.1. The number of hydrogen-bond acceptors (Lipinski definition) is 1. The first-order valence-electron chi connectivity index (χ1n) is 4.50. The molecular weight excluding hydrogens is 136 g/mol. The van der Waals surface area contributed by atoms with Crippen LogP contribution in [0.4, 0.5) is 0 Å². The highest BCUT2D eigenvalue weighted by molar-refractivity contribution is 4.94. The van der Waals surface area contributed by atoms with Crippen molar-refractivity contribution in [2.75, 3.05) is 13.2 Å². The van der Waals surface area contributed by atoms with Gasteiger partial charge >= 0.3 is 0 Å². The molecule has 0 rings (SSSR count). The van der Waals surface area contributed by atoms with Gasteiger partial charge in [0, 0.05) is 13.2 Å². The van der Waals surface area contributed by atoms with Gasteiger partial charge in [-0.25, -0.2) is 0 Å². The van der Waals surface area contributed by atoms with Crippen molar-refractivity contribution >= 4 is 0 Å². The van der Waals surface area contributed by atoms with Gasteiger partial charge in [0.05, 0.1) is 0 Å². The van der Waals surface area contributed by atoms with Crippen LogP contribution in [0.3, 0.4) is 0 Å². The van der Waals surface area contributed by atoms with Crippen molar-refractivity contribution < 1.29 is 4.74 Å². The Kier molecular flexibility index (Phi) is 7.59. The van der Waals surface area contributed by atoms with Gasteiger partial charge in [0.1, 0.15) is 0 Å². The molecule has 0 saturated carbocycles. The molecule has 11 heavy (non-hydrogen) atoms. The van der Waals surface area contributed by atoms with Crippen LogP contribution in [-0.4, -0.2) is 13.2 Å². The third-order valence-corrected chi connectivity index (χ3v) is 1.70. The smallest absolute Gasteiger partial charge is 0.0469 e. The minimum Gasteiger partial charge on any atom is -0.381 e. The van der Waals surface area contributed by atoms with E-state index in [0.717, 1.165) is 26.1 Å². The molecule has 0 N–H and O–H groups in total. The second-order valence-electron chi connectivity index (χ2n) is 2.85. The highest BCUT2D eigenvalue weighted by Crippen LogP contribution is 2.02. The van der Waals surface area contributed by atoms with E-state index in [9.17, 15) is 0 Å². The Morgan fingerprint density at radius 2 is 2.09 bits per heavy atom. The average molecular weight is 156 g/mol. The number of rotatable bonds is 6. The van der Waals surface area contributed by atoms with Gasteiger partial charge in [0.25, 0.3) is 0 Å². The predicted octanol–water partition coefficient (Wildman–Crippen LogP) is 3.16. The van der Waals surface area contributed by atoms with Crippen LogP contribution in [0, 0.1) is 0 Å². The van der Waals surface area contributed by atoms with Crippen molar-refractivity contribution in [3.63, 3.8) is 0 Å². The summed E-state index contributed by atoms with van der Waals surface area (Å²) < 4.78 is 5.35. The molecule has 0 aromatic carbocycles. The first-order valence-corrected chi connectivity index (χ1v) is 4.50. The first kappa shape index (κ1) is 10.7. The molecule has 0 saturated heterocycles. The van der Waals surface area contributed by atoms with E-state index in [0.29, 0.717) is 0 Å². The summed E-state index contributed by atoms with van der Waals surface area (Å²) >= 11 is 0. The van der Waals surface area contributed by atoms with Crippen LogP contribution in [0.5, 0.6) is 0 Å². The van der Waals surface area contributed by atoms with Crippen LogP contribution in [-0.2, 0) is 4.74 Å². The minimum atomic E-state index is 0.912. The lowest BCUT2D eigenvalue weighted by Gasteiger charge is -2.01. The lowest BCUT2D eigenvalue weighted by Crippen LogP contribution is -1.95. The SMILES string of the molecule is C/C=C(\C)CCCOCCC. The molecule has 0 aromatic rings. The summed E-state index contributed by atoms with van der Waals surface area (Å²) in [6.45, 7) is 8.22. The fourth-order valence-electron chi connectivity index (χ4n) is 0.844. The van der Waals surface area contributed by atoms with Gasteiger partial charge < -0.3 is 4.74 Å². The standard InChI is InChI=1S/C10H20O/c1-4-8-11-9-6-7-10(3)5-2/h5H,4,6-9H2,1-3H3/b10-5+. The van der Waals surface area contributed by atoms with E-state index in [1.165, 1.54) is 12.0 Å². The fraction of sp³-hybridized carbons (Fsp3) is 0.800. The van der Waals surface area contributed by atoms with E-state index in [1.54, 1.807) is 0 Å². The van der Waals surface area contributed by atoms with Gasteiger partial charge in [0.2, 0.25) is 0 Å². The van der Waals surface area contributed by atoms with E-state index < -0.39 is 0 Å². The van der Waals surface area contributed by atoms with Gasteiger partial charge in [-0.2, -0.15) is 0 Å². The zero-order valence-electron chi connectivity index (χ0n) is 8.02. The van der Waals surface area contributed by atoms with Crippen LogP contribution in [0.2, 0.25) is 0 Å². The second kappa shape index (κ2) is 7.80. The van der Waals surface area contributed by atoms with Gasteiger partial charge in [0.15, 0.2) is 0 Å². The second-order valence-corrected chi connectivity index (χ2v) is 2.85. The van der Waals surface area contributed by atoms with Gasteiger partial charge in [-0.3, -0.25) is 0 Å². The predicted molar refractivity (Wildman–Crippen MR) is 49.8 cm³/mol. The van der Waals surface area contributed by atoms with Crippen LogP contribution in [0.1, 0.15) is 40.0 Å². The van der Waals surface area contributed by atoms with Crippen LogP contribution in [0.25, 0.3) is 0 Å². The Morgan fingerprint density at radius 3 is 2.64 bits per heavy atom. The molecule has 1 heteroatoms. The minimum absolute atomic E-state index is 0.912. The zero-order valence-corrected chi connectivity index (χ0v) is 8.02. The summed E-state index contributed by atoms with van der Waals surface area (Å²) in [5, 5.41) is 0. The lowest BCUT2D eigenvalue weighted by atomic mass is 10.2. The van der Waals surface area contributed by atoms with Crippen molar-refractivity contribution in [3.05, 3.63) is 11.6 Å². The van der Waals surface area contributed by atoms with Gasteiger partial charge in [-0.1, -0.05) is 18.6 Å². The number of ether oxygens (including phenoxy) is 1. The Hall–Kier alpha value is -0.300. The summed E-state index contributed by atoms with van der Waals surface area (Å²) in [7, 11) is 0. The molecule has 0 amide bonds. The maximum atomic E-state index is 5.35. The van der Waals surface area contributed by atoms with Crippen molar-refractivity contribution in [2.45, 2.75) is 40.0 Å². The largest absolute Gasteiger partial charge is 0.381 e. The third-order valence-electron chi connectivity index (χ3n) is 1.70. The van der Waals surface area contributed by atoms with Crippen LogP contribution >= 0.6 is 0 Å². The Balaban J connectivity index is 3.02. The summed E-state index contributed by atoms with van der Waals surface area (Å²) in [5.41, 5.74) is 1.46. The van der Waals surface area contributed by atoms with E-state index in [-0.39, 0.29) is 0 Å². The summed E-state index contributed by atoms with van der Waals surface area (Å²) in [4.78, 5) is 0.